The molecule has 0 aliphatic carbocycles. The van der Waals surface area contributed by atoms with Gasteiger partial charge in [0, 0.05) is 25.3 Å². The molecule has 1 unspecified atom stereocenters. The Hall–Kier alpha value is -1.80. The number of rotatable bonds is 5. The van der Waals surface area contributed by atoms with E-state index >= 15 is 0 Å². The number of para-hydroxylation sites is 1. The second kappa shape index (κ2) is 6.58. The van der Waals surface area contributed by atoms with Crippen LogP contribution < -0.4 is 10.2 Å². The Morgan fingerprint density at radius 1 is 1.00 bits per heavy atom. The number of likely N-dealkylation sites (N-methyl/N-ethyl adjacent to an activating group) is 2. The van der Waals surface area contributed by atoms with Crippen LogP contribution in [-0.2, 0) is 0 Å². The topological polar surface area (TPSA) is 15.3 Å². The third-order valence-electron chi connectivity index (χ3n) is 3.94. The second-order valence-electron chi connectivity index (χ2n) is 5.40. The highest BCUT2D eigenvalue weighted by atomic mass is 15.1. The summed E-state index contributed by atoms with van der Waals surface area (Å²) in [6, 6.07) is 17.6. The fourth-order valence-electron chi connectivity index (χ4n) is 2.41. The van der Waals surface area contributed by atoms with E-state index < -0.39 is 0 Å². The van der Waals surface area contributed by atoms with Crippen LogP contribution in [0.5, 0.6) is 0 Å². The second-order valence-corrected chi connectivity index (χ2v) is 5.40. The maximum atomic E-state index is 3.42. The average Bonchev–Trinajstić information content (AvgIpc) is 2.48. The Kier molecular flexibility index (Phi) is 4.80. The standard InChI is InChI=1S/C18H24N2/c1-14-10-11-16(12-15(14)2)18(19-3)13-20(4)17-8-6-5-7-9-17/h5-12,18-19H,13H2,1-4H3. The van der Waals surface area contributed by atoms with Crippen molar-refractivity contribution in [1.82, 2.24) is 5.32 Å². The first-order valence-electron chi connectivity index (χ1n) is 7.12. The lowest BCUT2D eigenvalue weighted by Gasteiger charge is -2.26. The van der Waals surface area contributed by atoms with E-state index in [9.17, 15) is 0 Å². The lowest BCUT2D eigenvalue weighted by molar-refractivity contribution is 0.589. The number of anilines is 1. The first-order chi connectivity index (χ1) is 9.61. The molecule has 0 radical (unpaired) electrons. The van der Waals surface area contributed by atoms with Gasteiger partial charge in [0.15, 0.2) is 0 Å². The first kappa shape index (κ1) is 14.6. The summed E-state index contributed by atoms with van der Waals surface area (Å²) in [4.78, 5) is 2.29. The smallest absolute Gasteiger partial charge is 0.0495 e. The molecule has 0 aliphatic rings. The lowest BCUT2D eigenvalue weighted by Crippen LogP contribution is -2.31. The predicted molar refractivity (Wildman–Crippen MR) is 87.4 cm³/mol. The van der Waals surface area contributed by atoms with Gasteiger partial charge in [-0.05, 0) is 49.7 Å². The van der Waals surface area contributed by atoms with E-state index in [2.05, 4.69) is 79.6 Å². The van der Waals surface area contributed by atoms with E-state index in [1.54, 1.807) is 0 Å². The normalized spacial score (nSPS) is 12.2. The fraction of sp³-hybridized carbons (Fsp3) is 0.333. The third kappa shape index (κ3) is 3.40. The lowest BCUT2D eigenvalue weighted by atomic mass is 10.0. The number of nitrogens with one attached hydrogen (secondary N) is 1. The Morgan fingerprint density at radius 3 is 2.30 bits per heavy atom. The van der Waals surface area contributed by atoms with Gasteiger partial charge in [-0.1, -0.05) is 36.4 Å². The minimum absolute atomic E-state index is 0.333. The molecule has 2 nitrogen and oxygen atoms in total. The molecule has 2 rings (SSSR count). The van der Waals surface area contributed by atoms with Crippen LogP contribution >= 0.6 is 0 Å². The molecule has 0 saturated carbocycles. The molecule has 2 aromatic rings. The molecule has 106 valence electrons. The molecule has 0 heterocycles. The van der Waals surface area contributed by atoms with Gasteiger partial charge in [0.2, 0.25) is 0 Å². The van der Waals surface area contributed by atoms with E-state index in [0.717, 1.165) is 6.54 Å². The van der Waals surface area contributed by atoms with E-state index in [0.29, 0.717) is 6.04 Å². The van der Waals surface area contributed by atoms with Gasteiger partial charge in [-0.15, -0.1) is 0 Å². The van der Waals surface area contributed by atoms with Crippen molar-refractivity contribution in [2.45, 2.75) is 19.9 Å². The van der Waals surface area contributed by atoms with E-state index in [1.807, 2.05) is 7.05 Å². The highest BCUT2D eigenvalue weighted by Gasteiger charge is 2.13. The van der Waals surface area contributed by atoms with Crippen LogP contribution in [0.3, 0.4) is 0 Å². The van der Waals surface area contributed by atoms with Crippen LogP contribution in [0.2, 0.25) is 0 Å². The molecule has 1 atom stereocenters. The maximum Gasteiger partial charge on any atom is 0.0495 e. The van der Waals surface area contributed by atoms with Gasteiger partial charge in [0.25, 0.3) is 0 Å². The van der Waals surface area contributed by atoms with Crippen molar-refractivity contribution in [3.63, 3.8) is 0 Å². The summed E-state index contributed by atoms with van der Waals surface area (Å²) >= 11 is 0. The van der Waals surface area contributed by atoms with Crippen molar-refractivity contribution in [1.29, 1.82) is 0 Å². The number of nitrogens with zero attached hydrogens (tertiary/aromatic N) is 1. The van der Waals surface area contributed by atoms with Crippen molar-refractivity contribution in [3.8, 4) is 0 Å². The van der Waals surface area contributed by atoms with Crippen molar-refractivity contribution in [2.75, 3.05) is 25.5 Å². The van der Waals surface area contributed by atoms with Gasteiger partial charge < -0.3 is 10.2 Å². The Morgan fingerprint density at radius 2 is 1.70 bits per heavy atom. The molecule has 2 heteroatoms. The minimum atomic E-state index is 0.333. The Labute approximate surface area is 122 Å². The summed E-state index contributed by atoms with van der Waals surface area (Å²) in [6.07, 6.45) is 0. The van der Waals surface area contributed by atoms with E-state index in [1.165, 1.54) is 22.4 Å². The molecule has 1 N–H and O–H groups in total. The van der Waals surface area contributed by atoms with Gasteiger partial charge in [-0.2, -0.15) is 0 Å². The van der Waals surface area contributed by atoms with Gasteiger partial charge in [0.05, 0.1) is 0 Å². The van der Waals surface area contributed by atoms with Crippen molar-refractivity contribution in [3.05, 3.63) is 65.2 Å². The van der Waals surface area contributed by atoms with Crippen LogP contribution in [0.25, 0.3) is 0 Å². The van der Waals surface area contributed by atoms with Gasteiger partial charge in [-0.25, -0.2) is 0 Å². The first-order valence-corrected chi connectivity index (χ1v) is 7.12. The molecular weight excluding hydrogens is 244 g/mol. The molecule has 0 aliphatic heterocycles. The van der Waals surface area contributed by atoms with Crippen LogP contribution in [0.4, 0.5) is 5.69 Å². The quantitative estimate of drug-likeness (QED) is 0.889. The summed E-state index contributed by atoms with van der Waals surface area (Å²) in [5, 5.41) is 3.42. The van der Waals surface area contributed by atoms with Gasteiger partial charge in [-0.3, -0.25) is 0 Å². The maximum absolute atomic E-state index is 3.42. The molecule has 0 spiro atoms. The largest absolute Gasteiger partial charge is 0.373 e. The van der Waals surface area contributed by atoms with Gasteiger partial charge in [0.1, 0.15) is 0 Å². The molecular formula is C18H24N2. The van der Waals surface area contributed by atoms with Crippen LogP contribution in [0.1, 0.15) is 22.7 Å². The zero-order valence-corrected chi connectivity index (χ0v) is 12.9. The van der Waals surface area contributed by atoms with Crippen molar-refractivity contribution >= 4 is 5.69 Å². The summed E-state index contributed by atoms with van der Waals surface area (Å²) in [5.41, 5.74) is 5.29. The predicted octanol–water partition coefficient (Wildman–Crippen LogP) is 3.70. The van der Waals surface area contributed by atoms with Crippen LogP contribution in [0.15, 0.2) is 48.5 Å². The molecule has 0 aromatic heterocycles. The molecule has 0 saturated heterocycles. The molecule has 20 heavy (non-hydrogen) atoms. The van der Waals surface area contributed by atoms with Crippen LogP contribution in [-0.4, -0.2) is 20.6 Å². The Bertz CT molecular complexity index is 549. The molecule has 0 amide bonds. The van der Waals surface area contributed by atoms with Crippen molar-refractivity contribution in [2.24, 2.45) is 0 Å². The van der Waals surface area contributed by atoms with Crippen molar-refractivity contribution < 1.29 is 0 Å². The SMILES string of the molecule is CNC(CN(C)c1ccccc1)c1ccc(C)c(C)c1. The van der Waals surface area contributed by atoms with Gasteiger partial charge >= 0.3 is 0 Å². The summed E-state index contributed by atoms with van der Waals surface area (Å²) in [7, 11) is 4.17. The minimum Gasteiger partial charge on any atom is -0.373 e. The fourth-order valence-corrected chi connectivity index (χ4v) is 2.41. The zero-order valence-electron chi connectivity index (χ0n) is 12.9. The van der Waals surface area contributed by atoms with E-state index in [4.69, 9.17) is 0 Å². The van der Waals surface area contributed by atoms with E-state index in [-0.39, 0.29) is 0 Å². The Balaban J connectivity index is 2.14. The summed E-state index contributed by atoms with van der Waals surface area (Å²) < 4.78 is 0. The highest BCUT2D eigenvalue weighted by Crippen LogP contribution is 2.20. The number of benzene rings is 2. The number of aryl methyl sites for hydroxylation is 2. The highest BCUT2D eigenvalue weighted by molar-refractivity contribution is 5.45. The number of hydrogen-bond acceptors (Lipinski definition) is 2. The zero-order chi connectivity index (χ0) is 14.5. The number of hydrogen-bond donors (Lipinski definition) is 1. The summed E-state index contributed by atoms with van der Waals surface area (Å²) in [5.74, 6) is 0. The monoisotopic (exact) mass is 268 g/mol. The average molecular weight is 268 g/mol. The molecule has 0 fully saturated rings. The molecule has 2 aromatic carbocycles. The molecule has 0 bridgehead atoms. The third-order valence-corrected chi connectivity index (χ3v) is 3.94. The van der Waals surface area contributed by atoms with Crippen LogP contribution in [0, 0.1) is 13.8 Å². The summed E-state index contributed by atoms with van der Waals surface area (Å²) in [6.45, 7) is 5.28.